The van der Waals surface area contributed by atoms with Crippen molar-refractivity contribution in [1.82, 2.24) is 10.0 Å². The lowest BCUT2D eigenvalue weighted by molar-refractivity contribution is -0.121. The number of amides is 1. The van der Waals surface area contributed by atoms with Gasteiger partial charge in [0.05, 0.1) is 10.9 Å². The molecule has 4 N–H and O–H groups in total. The molecule has 19 heavy (non-hydrogen) atoms. The lowest BCUT2D eigenvalue weighted by atomic mass is 10.2. The second kappa shape index (κ2) is 6.33. The molecule has 0 aliphatic heterocycles. The molecule has 6 nitrogen and oxygen atoms in total. The van der Waals surface area contributed by atoms with Gasteiger partial charge in [-0.3, -0.25) is 4.79 Å². The Balaban J connectivity index is 3.01. The maximum Gasteiger partial charge on any atom is 0.241 e. The second-order valence-electron chi connectivity index (χ2n) is 3.91. The SMILES string of the molecule is CNC(=O)C(C)NS(=O)(=O)c1ccc(CN)c(Cl)c1. The van der Waals surface area contributed by atoms with Gasteiger partial charge in [0.15, 0.2) is 0 Å². The molecule has 0 saturated carbocycles. The Bertz CT molecular complexity index is 575. The first-order chi connectivity index (χ1) is 8.81. The smallest absolute Gasteiger partial charge is 0.241 e. The first-order valence-electron chi connectivity index (χ1n) is 5.54. The predicted molar refractivity (Wildman–Crippen MR) is 73.2 cm³/mol. The number of hydrogen-bond donors (Lipinski definition) is 3. The molecule has 0 bridgehead atoms. The molecular weight excluding hydrogens is 290 g/mol. The van der Waals surface area contributed by atoms with Crippen LogP contribution in [0.4, 0.5) is 0 Å². The number of halogens is 1. The molecule has 1 amide bonds. The van der Waals surface area contributed by atoms with Gasteiger partial charge in [-0.05, 0) is 24.6 Å². The Labute approximate surface area is 117 Å². The van der Waals surface area contributed by atoms with Crippen LogP contribution in [0.25, 0.3) is 0 Å². The number of rotatable bonds is 5. The Kier molecular flexibility index (Phi) is 5.30. The standard InChI is InChI=1S/C11H16ClN3O3S/c1-7(11(16)14-2)15-19(17,18)9-4-3-8(6-13)10(12)5-9/h3-5,7,15H,6,13H2,1-2H3,(H,14,16). The number of nitrogens with two attached hydrogens (primary N) is 1. The molecule has 0 spiro atoms. The fraction of sp³-hybridized carbons (Fsp3) is 0.364. The average molecular weight is 306 g/mol. The van der Waals surface area contributed by atoms with Crippen molar-refractivity contribution in [3.63, 3.8) is 0 Å². The van der Waals surface area contributed by atoms with Crippen molar-refractivity contribution in [2.75, 3.05) is 7.05 Å². The van der Waals surface area contributed by atoms with Crippen LogP contribution in [0.3, 0.4) is 0 Å². The summed E-state index contributed by atoms with van der Waals surface area (Å²) in [6.07, 6.45) is 0. The molecule has 106 valence electrons. The van der Waals surface area contributed by atoms with Crippen molar-refractivity contribution in [1.29, 1.82) is 0 Å². The number of sulfonamides is 1. The van der Waals surface area contributed by atoms with Crippen molar-refractivity contribution in [2.45, 2.75) is 24.4 Å². The summed E-state index contributed by atoms with van der Waals surface area (Å²) in [5.74, 6) is -0.423. The van der Waals surface area contributed by atoms with Crippen molar-refractivity contribution < 1.29 is 13.2 Å². The van der Waals surface area contributed by atoms with Gasteiger partial charge >= 0.3 is 0 Å². The van der Waals surface area contributed by atoms with Crippen LogP contribution in [0.15, 0.2) is 23.1 Å². The van der Waals surface area contributed by atoms with Crippen molar-refractivity contribution in [3.05, 3.63) is 28.8 Å². The zero-order valence-corrected chi connectivity index (χ0v) is 12.2. The van der Waals surface area contributed by atoms with Gasteiger partial charge in [0.2, 0.25) is 15.9 Å². The van der Waals surface area contributed by atoms with Crippen LogP contribution in [-0.2, 0) is 21.4 Å². The zero-order valence-electron chi connectivity index (χ0n) is 10.6. The molecule has 0 saturated heterocycles. The third-order valence-corrected chi connectivity index (χ3v) is 4.42. The predicted octanol–water partition coefficient (Wildman–Crippen LogP) is 0.212. The summed E-state index contributed by atoms with van der Waals surface area (Å²) < 4.78 is 26.3. The van der Waals surface area contributed by atoms with E-state index in [1.807, 2.05) is 0 Å². The molecule has 1 atom stereocenters. The molecule has 8 heteroatoms. The third-order valence-electron chi connectivity index (χ3n) is 2.53. The first kappa shape index (κ1) is 15.9. The largest absolute Gasteiger partial charge is 0.358 e. The van der Waals surface area contributed by atoms with Crippen LogP contribution in [0.5, 0.6) is 0 Å². The molecule has 1 rings (SSSR count). The zero-order chi connectivity index (χ0) is 14.6. The minimum absolute atomic E-state index is 0.00884. The number of carbonyl (C=O) groups is 1. The molecule has 0 aromatic heterocycles. The number of benzene rings is 1. The van der Waals surface area contributed by atoms with Gasteiger partial charge in [0.1, 0.15) is 0 Å². The minimum atomic E-state index is -3.80. The van der Waals surface area contributed by atoms with E-state index < -0.39 is 22.0 Å². The van der Waals surface area contributed by atoms with Gasteiger partial charge in [-0.15, -0.1) is 0 Å². The van der Waals surface area contributed by atoms with Crippen LogP contribution in [0.1, 0.15) is 12.5 Å². The van der Waals surface area contributed by atoms with Crippen LogP contribution >= 0.6 is 11.6 Å². The van der Waals surface area contributed by atoms with Crippen molar-refractivity contribution in [2.24, 2.45) is 5.73 Å². The fourth-order valence-electron chi connectivity index (χ4n) is 1.43. The highest BCUT2D eigenvalue weighted by atomic mass is 35.5. The van der Waals surface area contributed by atoms with E-state index in [9.17, 15) is 13.2 Å². The highest BCUT2D eigenvalue weighted by molar-refractivity contribution is 7.89. The summed E-state index contributed by atoms with van der Waals surface area (Å²) in [6.45, 7) is 1.67. The lowest BCUT2D eigenvalue weighted by Crippen LogP contribution is -2.43. The van der Waals surface area contributed by atoms with E-state index in [0.29, 0.717) is 5.56 Å². The summed E-state index contributed by atoms with van der Waals surface area (Å²) in [7, 11) is -2.37. The third kappa shape index (κ3) is 3.90. The molecule has 1 aromatic carbocycles. The van der Waals surface area contributed by atoms with E-state index in [0.717, 1.165) is 0 Å². The highest BCUT2D eigenvalue weighted by Gasteiger charge is 2.21. The van der Waals surface area contributed by atoms with E-state index in [1.165, 1.54) is 26.1 Å². The Morgan fingerprint density at radius 2 is 2.11 bits per heavy atom. The normalized spacial score (nSPS) is 13.1. The second-order valence-corrected chi connectivity index (χ2v) is 6.04. The summed E-state index contributed by atoms with van der Waals surface area (Å²) >= 11 is 5.91. The van der Waals surface area contributed by atoms with Gasteiger partial charge in [-0.2, -0.15) is 4.72 Å². The number of nitrogens with one attached hydrogen (secondary N) is 2. The van der Waals surface area contributed by atoms with E-state index in [1.54, 1.807) is 6.07 Å². The van der Waals surface area contributed by atoms with Gasteiger partial charge < -0.3 is 11.1 Å². The van der Waals surface area contributed by atoms with Crippen LogP contribution in [0, 0.1) is 0 Å². The van der Waals surface area contributed by atoms with Gasteiger partial charge in [0.25, 0.3) is 0 Å². The monoisotopic (exact) mass is 305 g/mol. The molecule has 0 aliphatic rings. The highest BCUT2D eigenvalue weighted by Crippen LogP contribution is 2.20. The molecule has 0 radical (unpaired) electrons. The number of likely N-dealkylation sites (N-methyl/N-ethyl adjacent to an activating group) is 1. The maximum atomic E-state index is 12.0. The number of hydrogen-bond acceptors (Lipinski definition) is 4. The van der Waals surface area contributed by atoms with Crippen molar-refractivity contribution in [3.8, 4) is 0 Å². The first-order valence-corrected chi connectivity index (χ1v) is 7.40. The molecule has 0 heterocycles. The maximum absolute atomic E-state index is 12.0. The molecule has 0 fully saturated rings. The quantitative estimate of drug-likeness (QED) is 0.724. The summed E-state index contributed by atoms with van der Waals surface area (Å²) in [6, 6.07) is 3.37. The van der Waals surface area contributed by atoms with Crippen LogP contribution < -0.4 is 15.8 Å². The van der Waals surface area contributed by atoms with Crippen LogP contribution in [-0.4, -0.2) is 27.4 Å². The molecule has 0 aliphatic carbocycles. The minimum Gasteiger partial charge on any atom is -0.358 e. The van der Waals surface area contributed by atoms with E-state index in [2.05, 4.69) is 10.0 Å². The van der Waals surface area contributed by atoms with E-state index in [-0.39, 0.29) is 16.5 Å². The van der Waals surface area contributed by atoms with Gasteiger partial charge in [0, 0.05) is 18.6 Å². The summed E-state index contributed by atoms with van der Waals surface area (Å²) in [4.78, 5) is 11.3. The van der Waals surface area contributed by atoms with Crippen molar-refractivity contribution >= 4 is 27.5 Å². The van der Waals surface area contributed by atoms with Crippen LogP contribution in [0.2, 0.25) is 5.02 Å². The van der Waals surface area contributed by atoms with E-state index in [4.69, 9.17) is 17.3 Å². The molecular formula is C11H16ClN3O3S. The Morgan fingerprint density at radius 1 is 1.47 bits per heavy atom. The topological polar surface area (TPSA) is 101 Å². The van der Waals surface area contributed by atoms with E-state index >= 15 is 0 Å². The molecule has 1 aromatic rings. The average Bonchev–Trinajstić information content (AvgIpc) is 2.37. The number of carbonyl (C=O) groups excluding carboxylic acids is 1. The lowest BCUT2D eigenvalue weighted by Gasteiger charge is -2.13. The fourth-order valence-corrected chi connectivity index (χ4v) is 2.98. The molecule has 1 unspecified atom stereocenters. The van der Waals surface area contributed by atoms with Gasteiger partial charge in [-0.25, -0.2) is 8.42 Å². The van der Waals surface area contributed by atoms with Gasteiger partial charge in [-0.1, -0.05) is 17.7 Å². The summed E-state index contributed by atoms with van der Waals surface area (Å²) in [5, 5.41) is 2.64. The Hall–Kier alpha value is -1.15. The Morgan fingerprint density at radius 3 is 2.58 bits per heavy atom. The summed E-state index contributed by atoms with van der Waals surface area (Å²) in [5.41, 5.74) is 6.10.